The van der Waals surface area contributed by atoms with Crippen LogP contribution in [0.4, 0.5) is 24.0 Å². The van der Waals surface area contributed by atoms with E-state index in [2.05, 4.69) is 22.2 Å². The highest BCUT2D eigenvalue weighted by atomic mass is 32.1. The maximum Gasteiger partial charge on any atom is 0.420 e. The lowest BCUT2D eigenvalue weighted by molar-refractivity contribution is -0.138. The van der Waals surface area contributed by atoms with Crippen LogP contribution in [0.3, 0.4) is 0 Å². The number of anilines is 2. The van der Waals surface area contributed by atoms with Crippen LogP contribution in [-0.4, -0.2) is 29.5 Å². The first-order valence-corrected chi connectivity index (χ1v) is 13.9. The van der Waals surface area contributed by atoms with Gasteiger partial charge in [0, 0.05) is 23.9 Å². The van der Waals surface area contributed by atoms with Gasteiger partial charge in [-0.05, 0) is 31.5 Å². The fourth-order valence-electron chi connectivity index (χ4n) is 3.70. The van der Waals surface area contributed by atoms with Gasteiger partial charge in [0.25, 0.3) is 0 Å². The monoisotopic (exact) mass is 541 g/mol. The Labute approximate surface area is 216 Å². The molecule has 36 heavy (non-hydrogen) atoms. The Bertz CT molecular complexity index is 1120. The summed E-state index contributed by atoms with van der Waals surface area (Å²) in [4.78, 5) is 9.87. The van der Waals surface area contributed by atoms with Gasteiger partial charge in [0.15, 0.2) is 11.4 Å². The molecule has 0 radical (unpaired) electrons. The van der Waals surface area contributed by atoms with Gasteiger partial charge in [-0.25, -0.2) is 9.97 Å². The molecule has 0 spiro atoms. The third kappa shape index (κ3) is 7.18. The normalized spacial score (nSPS) is 17.4. The van der Waals surface area contributed by atoms with Gasteiger partial charge >= 0.3 is 6.18 Å². The Morgan fingerprint density at radius 3 is 2.69 bits per heavy atom. The second-order valence-electron chi connectivity index (χ2n) is 8.44. The van der Waals surface area contributed by atoms with E-state index in [0.29, 0.717) is 23.1 Å². The van der Waals surface area contributed by atoms with Crippen LogP contribution in [-0.2, 0) is 15.7 Å². The number of unbranched alkanes of at least 4 members (excludes halogenated alkanes) is 5. The summed E-state index contributed by atoms with van der Waals surface area (Å²) in [7, 11) is 0. The highest BCUT2D eigenvalue weighted by Crippen LogP contribution is 2.44. The van der Waals surface area contributed by atoms with Crippen molar-refractivity contribution in [3.05, 3.63) is 40.2 Å². The molecule has 1 saturated heterocycles. The minimum absolute atomic E-state index is 0.102. The molecule has 1 aliphatic rings. The third-order valence-electron chi connectivity index (χ3n) is 5.60. The van der Waals surface area contributed by atoms with Crippen molar-refractivity contribution in [3.63, 3.8) is 0 Å². The van der Waals surface area contributed by atoms with Crippen LogP contribution in [0, 0.1) is 0 Å². The molecule has 4 rings (SSSR count). The summed E-state index contributed by atoms with van der Waals surface area (Å²) in [6.07, 6.45) is 3.15. The predicted octanol–water partition coefficient (Wildman–Crippen LogP) is 8.20. The van der Waals surface area contributed by atoms with E-state index >= 15 is 0 Å². The van der Waals surface area contributed by atoms with Crippen LogP contribution in [0.15, 0.2) is 29.8 Å². The molecule has 0 amide bonds. The van der Waals surface area contributed by atoms with Gasteiger partial charge in [-0.3, -0.25) is 0 Å². The van der Waals surface area contributed by atoms with Crippen molar-refractivity contribution in [1.29, 1.82) is 0 Å². The second kappa shape index (κ2) is 12.4. The maximum absolute atomic E-state index is 13.7. The summed E-state index contributed by atoms with van der Waals surface area (Å²) < 4.78 is 57.6. The van der Waals surface area contributed by atoms with E-state index in [-0.39, 0.29) is 24.8 Å². The summed E-state index contributed by atoms with van der Waals surface area (Å²) in [6, 6.07) is 4.01. The van der Waals surface area contributed by atoms with E-state index in [9.17, 15) is 13.2 Å². The molecule has 1 aromatic carbocycles. The van der Waals surface area contributed by atoms with Crippen molar-refractivity contribution in [2.45, 2.75) is 70.9 Å². The van der Waals surface area contributed by atoms with E-state index in [1.165, 1.54) is 35.2 Å². The van der Waals surface area contributed by atoms with Crippen LogP contribution >= 0.6 is 22.7 Å². The number of hydrogen-bond acceptors (Lipinski definition) is 8. The second-order valence-corrected chi connectivity index (χ2v) is 10.4. The van der Waals surface area contributed by atoms with Crippen molar-refractivity contribution >= 4 is 33.5 Å². The van der Waals surface area contributed by atoms with Crippen molar-refractivity contribution in [1.82, 2.24) is 9.97 Å². The first-order valence-electron chi connectivity index (χ1n) is 12.2. The summed E-state index contributed by atoms with van der Waals surface area (Å²) >= 11 is 2.76. The highest BCUT2D eigenvalue weighted by molar-refractivity contribution is 7.16. The van der Waals surface area contributed by atoms with Crippen LogP contribution in [0.5, 0.6) is 5.75 Å². The maximum atomic E-state index is 13.7. The number of benzene rings is 1. The molecule has 0 aliphatic carbocycles. The molecule has 1 aliphatic heterocycles. The average Bonchev–Trinajstić information content (AvgIpc) is 3.22. The molecule has 1 N–H and O–H groups in total. The fraction of sp³-hybridized carbons (Fsp3) is 0.520. The molecule has 6 nitrogen and oxygen atoms in total. The molecular weight excluding hydrogens is 511 g/mol. The molecule has 2 atom stereocenters. The third-order valence-corrected chi connectivity index (χ3v) is 7.44. The predicted molar refractivity (Wildman–Crippen MR) is 136 cm³/mol. The largest absolute Gasteiger partial charge is 0.493 e. The van der Waals surface area contributed by atoms with Gasteiger partial charge in [0.2, 0.25) is 0 Å². The molecule has 3 aromatic rings. The molecular formula is C25H30F3N3O3S2. The van der Waals surface area contributed by atoms with Gasteiger partial charge in [-0.15, -0.1) is 22.7 Å². The number of thiazole rings is 2. The van der Waals surface area contributed by atoms with Crippen LogP contribution in [0.2, 0.25) is 0 Å². The average molecular weight is 542 g/mol. The lowest BCUT2D eigenvalue weighted by atomic mass is 10.1. The Balaban J connectivity index is 1.36. The zero-order valence-corrected chi connectivity index (χ0v) is 21.9. The first kappa shape index (κ1) is 26.8. The molecule has 196 valence electrons. The molecule has 11 heteroatoms. The minimum Gasteiger partial charge on any atom is -0.493 e. The van der Waals surface area contributed by atoms with Crippen molar-refractivity contribution in [2.75, 3.05) is 18.5 Å². The fourth-order valence-corrected chi connectivity index (χ4v) is 5.42. The zero-order chi connectivity index (χ0) is 25.5. The molecule has 0 bridgehead atoms. The van der Waals surface area contributed by atoms with E-state index in [4.69, 9.17) is 14.2 Å². The lowest BCUT2D eigenvalue weighted by Gasteiger charge is -2.15. The van der Waals surface area contributed by atoms with Crippen LogP contribution in [0.25, 0.3) is 10.7 Å². The minimum atomic E-state index is -4.52. The number of halogens is 3. The van der Waals surface area contributed by atoms with Crippen LogP contribution in [0.1, 0.15) is 68.9 Å². The highest BCUT2D eigenvalue weighted by Gasteiger charge is 2.42. The summed E-state index contributed by atoms with van der Waals surface area (Å²) in [5.41, 5.74) is 0.149. The SMILES string of the molecule is CCCCCCCCOc1ccc(Nc2nc(-c3ncc(C4OC4OCC)s3)cs2)cc1C(F)(F)F. The smallest absolute Gasteiger partial charge is 0.420 e. The number of ether oxygens (including phenoxy) is 3. The van der Waals surface area contributed by atoms with E-state index < -0.39 is 11.7 Å². The van der Waals surface area contributed by atoms with Crippen LogP contribution < -0.4 is 10.1 Å². The van der Waals surface area contributed by atoms with Gasteiger partial charge < -0.3 is 19.5 Å². The standard InChI is InChI=1S/C25H30F3N3O3S2/c1-3-5-6-7-8-9-12-33-19-11-10-16(13-17(19)25(26,27)28)30-24-31-18(15-35-24)22-29-14-20(36-22)21-23(34-21)32-4-2/h10-11,13-15,21,23H,3-9,12H2,1-2H3,(H,30,31). The van der Waals surface area contributed by atoms with Crippen molar-refractivity contribution in [3.8, 4) is 16.5 Å². The van der Waals surface area contributed by atoms with Gasteiger partial charge in [-0.1, -0.05) is 39.0 Å². The number of hydrogen-bond donors (Lipinski definition) is 1. The zero-order valence-electron chi connectivity index (χ0n) is 20.3. The summed E-state index contributed by atoms with van der Waals surface area (Å²) in [6.45, 7) is 4.91. The van der Waals surface area contributed by atoms with Crippen molar-refractivity contribution in [2.24, 2.45) is 0 Å². The topological polar surface area (TPSA) is 68.8 Å². The van der Waals surface area contributed by atoms with E-state index in [1.54, 1.807) is 12.3 Å². The number of epoxide rings is 1. The number of alkyl halides is 3. The quantitative estimate of drug-likeness (QED) is 0.164. The molecule has 0 saturated carbocycles. The van der Waals surface area contributed by atoms with Gasteiger partial charge in [0.05, 0.1) is 17.0 Å². The Morgan fingerprint density at radius 2 is 1.92 bits per heavy atom. The van der Waals surface area contributed by atoms with Crippen molar-refractivity contribution < 1.29 is 27.4 Å². The molecule has 3 heterocycles. The lowest BCUT2D eigenvalue weighted by Crippen LogP contribution is -2.10. The number of nitrogens with one attached hydrogen (secondary N) is 1. The Morgan fingerprint density at radius 1 is 1.11 bits per heavy atom. The number of rotatable bonds is 14. The number of aromatic nitrogens is 2. The van der Waals surface area contributed by atoms with E-state index in [0.717, 1.165) is 48.1 Å². The Kier molecular flexibility index (Phi) is 9.21. The van der Waals surface area contributed by atoms with Gasteiger partial charge in [0.1, 0.15) is 22.6 Å². The number of nitrogens with zero attached hydrogens (tertiary/aromatic N) is 2. The van der Waals surface area contributed by atoms with Gasteiger partial charge in [-0.2, -0.15) is 13.2 Å². The van der Waals surface area contributed by atoms with E-state index in [1.807, 2.05) is 12.3 Å². The summed E-state index contributed by atoms with van der Waals surface area (Å²) in [5.74, 6) is -0.149. The Hall–Kier alpha value is -2.21. The summed E-state index contributed by atoms with van der Waals surface area (Å²) in [5, 5.41) is 5.99. The molecule has 2 unspecified atom stereocenters. The molecule has 2 aromatic heterocycles. The molecule has 1 fully saturated rings. The first-order chi connectivity index (χ1) is 17.4.